The number of hydrogen-bond acceptors (Lipinski definition) is 10. The number of hydrogen-bond donors (Lipinski definition) is 4. The summed E-state index contributed by atoms with van der Waals surface area (Å²) in [4.78, 5) is 18.2. The average Bonchev–Trinajstić information content (AvgIpc) is 3.61. The monoisotopic (exact) mass is 474 g/mol. The number of fused-ring (bicyclic) bond motifs is 2. The van der Waals surface area contributed by atoms with Crippen LogP contribution in [0, 0.1) is 0 Å². The number of rotatable bonds is 5. The van der Waals surface area contributed by atoms with E-state index in [1.807, 2.05) is 36.4 Å². The Hall–Kier alpha value is -3.97. The Kier molecular flexibility index (Phi) is 5.15. The second kappa shape index (κ2) is 8.36. The van der Waals surface area contributed by atoms with Gasteiger partial charge in [-0.3, -0.25) is 4.57 Å². The number of imidazole rings is 1. The van der Waals surface area contributed by atoms with Crippen LogP contribution in [-0.4, -0.2) is 81.6 Å². The minimum absolute atomic E-state index is 0.266. The van der Waals surface area contributed by atoms with Crippen molar-refractivity contribution in [1.82, 2.24) is 34.3 Å². The van der Waals surface area contributed by atoms with Gasteiger partial charge in [-0.05, 0) is 12.1 Å². The number of benzene rings is 1. The average molecular weight is 474 g/mol. The lowest BCUT2D eigenvalue weighted by Gasteiger charge is -2.17. The van der Waals surface area contributed by atoms with E-state index in [1.165, 1.54) is 15.6 Å². The fourth-order valence-electron chi connectivity index (χ4n) is 4.27. The van der Waals surface area contributed by atoms with Gasteiger partial charge in [0.1, 0.15) is 18.3 Å². The molecule has 1 aliphatic rings. The fourth-order valence-corrected chi connectivity index (χ4v) is 4.27. The molecule has 12 nitrogen and oxygen atoms in total. The van der Waals surface area contributed by atoms with Crippen molar-refractivity contribution in [2.24, 2.45) is 0 Å². The molecule has 6 rings (SSSR count). The summed E-state index contributed by atoms with van der Waals surface area (Å²) < 4.78 is 8.71. The zero-order valence-electron chi connectivity index (χ0n) is 18.6. The molecular weight excluding hydrogens is 452 g/mol. The fraction of sp³-hybridized carbons (Fsp3) is 0.261. The third kappa shape index (κ3) is 3.51. The van der Waals surface area contributed by atoms with Crippen molar-refractivity contribution < 1.29 is 20.1 Å². The number of nitrogens with one attached hydrogen (secondary N) is 1. The molecular formula is C23H22N8O4. The van der Waals surface area contributed by atoms with Crippen LogP contribution in [0.2, 0.25) is 0 Å². The highest BCUT2D eigenvalue weighted by Crippen LogP contribution is 2.32. The van der Waals surface area contributed by atoms with Crippen LogP contribution in [0.1, 0.15) is 6.23 Å². The Balaban J connectivity index is 1.41. The highest BCUT2D eigenvalue weighted by molar-refractivity contribution is 5.84. The Bertz CT molecular complexity index is 1530. The summed E-state index contributed by atoms with van der Waals surface area (Å²) in [5.41, 5.74) is 3.27. The molecule has 5 heterocycles. The van der Waals surface area contributed by atoms with Crippen molar-refractivity contribution in [2.45, 2.75) is 24.5 Å². The smallest absolute Gasteiger partial charge is 0.254 e. The Labute approximate surface area is 198 Å². The van der Waals surface area contributed by atoms with Crippen LogP contribution < -0.4 is 5.32 Å². The zero-order chi connectivity index (χ0) is 24.1. The summed E-state index contributed by atoms with van der Waals surface area (Å²) in [6, 6.07) is 11.8. The number of ether oxygens (including phenoxy) is 1. The van der Waals surface area contributed by atoms with Gasteiger partial charge in [-0.25, -0.2) is 14.6 Å². The number of anilines is 1. The molecule has 35 heavy (non-hydrogen) atoms. The summed E-state index contributed by atoms with van der Waals surface area (Å²) in [7, 11) is 1.71. The van der Waals surface area contributed by atoms with E-state index in [0.717, 1.165) is 22.2 Å². The number of para-hydroxylation sites is 1. The minimum atomic E-state index is -1.27. The van der Waals surface area contributed by atoms with Crippen LogP contribution in [0.25, 0.3) is 39.3 Å². The van der Waals surface area contributed by atoms with Crippen LogP contribution in [0.3, 0.4) is 0 Å². The topological polar surface area (TPSA) is 156 Å². The molecule has 1 fully saturated rings. The van der Waals surface area contributed by atoms with Crippen molar-refractivity contribution in [3.05, 3.63) is 55.1 Å². The number of aliphatic hydroxyl groups excluding tert-OH is 3. The lowest BCUT2D eigenvalue weighted by molar-refractivity contribution is -0.0511. The van der Waals surface area contributed by atoms with Gasteiger partial charge in [-0.15, -0.1) is 0 Å². The Morgan fingerprint density at radius 2 is 1.91 bits per heavy atom. The molecule has 5 aromatic rings. The van der Waals surface area contributed by atoms with Crippen molar-refractivity contribution in [3.8, 4) is 17.2 Å². The van der Waals surface area contributed by atoms with Gasteiger partial charge in [0.05, 0.1) is 30.3 Å². The highest BCUT2D eigenvalue weighted by Gasteiger charge is 2.44. The first-order chi connectivity index (χ1) is 17.1. The molecule has 0 amide bonds. The predicted molar refractivity (Wildman–Crippen MR) is 126 cm³/mol. The lowest BCUT2D eigenvalue weighted by atomic mass is 10.1. The van der Waals surface area contributed by atoms with E-state index in [-0.39, 0.29) is 5.95 Å². The van der Waals surface area contributed by atoms with E-state index in [4.69, 9.17) is 9.72 Å². The maximum Gasteiger partial charge on any atom is 0.254 e. The second-order valence-electron chi connectivity index (χ2n) is 8.24. The van der Waals surface area contributed by atoms with Gasteiger partial charge in [0.25, 0.3) is 5.95 Å². The number of nitrogens with zero attached hydrogens (tertiary/aromatic N) is 7. The Morgan fingerprint density at radius 3 is 2.71 bits per heavy atom. The summed E-state index contributed by atoms with van der Waals surface area (Å²) in [5.74, 6) is 0.721. The molecule has 0 unspecified atom stereocenters. The maximum absolute atomic E-state index is 10.5. The van der Waals surface area contributed by atoms with Gasteiger partial charge in [-0.2, -0.15) is 15.1 Å². The van der Waals surface area contributed by atoms with Crippen LogP contribution in [0.5, 0.6) is 0 Å². The van der Waals surface area contributed by atoms with Crippen molar-refractivity contribution in [1.29, 1.82) is 0 Å². The van der Waals surface area contributed by atoms with E-state index in [0.29, 0.717) is 17.0 Å². The standard InChI is InChI=1S/C23H22N8O4/c1-24-20-17-21(30(11-25-17)22-19(34)18(33)16(10-32)35-22)29-23(28-20)31-9-13(8-26-31)15-7-6-12-4-2-3-5-14(12)27-15/h2-9,11,16,18-19,22,32-34H,10H2,1H3,(H,24,28,29)/t16-,18-,19-,22-/m1/s1. The molecule has 12 heteroatoms. The summed E-state index contributed by atoms with van der Waals surface area (Å²) in [6.45, 7) is -0.428. The van der Waals surface area contributed by atoms with Gasteiger partial charge < -0.3 is 25.4 Å². The van der Waals surface area contributed by atoms with E-state index in [9.17, 15) is 15.3 Å². The molecule has 0 spiro atoms. The first kappa shape index (κ1) is 21.6. The molecule has 1 saturated heterocycles. The van der Waals surface area contributed by atoms with Crippen molar-refractivity contribution >= 4 is 27.9 Å². The molecule has 1 aromatic carbocycles. The van der Waals surface area contributed by atoms with Gasteiger partial charge >= 0.3 is 0 Å². The van der Waals surface area contributed by atoms with Crippen LogP contribution in [0.15, 0.2) is 55.1 Å². The number of aromatic nitrogens is 7. The van der Waals surface area contributed by atoms with E-state index >= 15 is 0 Å². The van der Waals surface area contributed by atoms with Gasteiger partial charge in [0.2, 0.25) is 0 Å². The summed E-state index contributed by atoms with van der Waals surface area (Å²) in [5, 5.41) is 38.6. The first-order valence-corrected chi connectivity index (χ1v) is 11.0. The third-order valence-electron chi connectivity index (χ3n) is 6.12. The zero-order valence-corrected chi connectivity index (χ0v) is 18.6. The molecule has 0 saturated carbocycles. The molecule has 4 N–H and O–H groups in total. The highest BCUT2D eigenvalue weighted by atomic mass is 16.6. The summed E-state index contributed by atoms with van der Waals surface area (Å²) >= 11 is 0. The molecule has 0 radical (unpaired) electrons. The quantitative estimate of drug-likeness (QED) is 0.288. The number of aliphatic hydroxyl groups is 3. The van der Waals surface area contributed by atoms with Crippen LogP contribution in [0.4, 0.5) is 5.82 Å². The van der Waals surface area contributed by atoms with Gasteiger partial charge in [0.15, 0.2) is 23.2 Å². The van der Waals surface area contributed by atoms with Gasteiger partial charge in [-0.1, -0.05) is 24.3 Å². The lowest BCUT2D eigenvalue weighted by Crippen LogP contribution is -2.33. The molecule has 1 aliphatic heterocycles. The van der Waals surface area contributed by atoms with E-state index in [1.54, 1.807) is 19.4 Å². The third-order valence-corrected chi connectivity index (χ3v) is 6.12. The normalized spacial score (nSPS) is 22.3. The minimum Gasteiger partial charge on any atom is -0.394 e. The number of pyridine rings is 1. The van der Waals surface area contributed by atoms with E-state index in [2.05, 4.69) is 25.4 Å². The molecule has 0 aliphatic carbocycles. The van der Waals surface area contributed by atoms with E-state index < -0.39 is 31.1 Å². The van der Waals surface area contributed by atoms with Crippen LogP contribution >= 0.6 is 0 Å². The molecule has 178 valence electrons. The Morgan fingerprint density at radius 1 is 1.06 bits per heavy atom. The van der Waals surface area contributed by atoms with Crippen molar-refractivity contribution in [2.75, 3.05) is 19.0 Å². The molecule has 4 aromatic heterocycles. The predicted octanol–water partition coefficient (Wildman–Crippen LogP) is 0.880. The van der Waals surface area contributed by atoms with Crippen LogP contribution in [-0.2, 0) is 4.74 Å². The maximum atomic E-state index is 10.5. The van der Waals surface area contributed by atoms with Crippen molar-refractivity contribution in [3.63, 3.8) is 0 Å². The van der Waals surface area contributed by atoms with Gasteiger partial charge in [0, 0.05) is 24.2 Å². The largest absolute Gasteiger partial charge is 0.394 e. The molecule has 0 bridgehead atoms. The SMILES string of the molecule is CNc1nc(-n2cc(-c3ccc4ccccc4n3)cn2)nc2c1ncn2[C@@H]1O[C@H](CO)[C@@H](O)[C@H]1O. The molecule has 4 atom stereocenters. The first-order valence-electron chi connectivity index (χ1n) is 11.0. The second-order valence-corrected chi connectivity index (χ2v) is 8.24. The summed E-state index contributed by atoms with van der Waals surface area (Å²) in [6.07, 6.45) is 0.526.